The van der Waals surface area contributed by atoms with Crippen molar-refractivity contribution in [2.24, 2.45) is 11.3 Å². The van der Waals surface area contributed by atoms with Crippen LogP contribution in [0.1, 0.15) is 51.4 Å². The molecule has 7 nitrogen and oxygen atoms in total. The van der Waals surface area contributed by atoms with Gasteiger partial charge in [0.2, 0.25) is 5.88 Å². The fourth-order valence-corrected chi connectivity index (χ4v) is 8.31. The van der Waals surface area contributed by atoms with Gasteiger partial charge in [-0.25, -0.2) is 18.2 Å². The summed E-state index contributed by atoms with van der Waals surface area (Å²) in [6.45, 7) is 2.02. The minimum absolute atomic E-state index is 0.0332. The summed E-state index contributed by atoms with van der Waals surface area (Å²) in [7, 11) is 0. The number of pyridine rings is 1. The summed E-state index contributed by atoms with van der Waals surface area (Å²) < 4.78 is 52.3. The number of phenolic OH excluding ortho intramolecular Hbond substituents is 1. The highest BCUT2D eigenvalue weighted by Gasteiger charge is 2.48. The number of imidazole rings is 1. The summed E-state index contributed by atoms with van der Waals surface area (Å²) >= 11 is 0. The van der Waals surface area contributed by atoms with Crippen molar-refractivity contribution in [2.75, 3.05) is 24.6 Å². The Morgan fingerprint density at radius 2 is 1.86 bits per heavy atom. The van der Waals surface area contributed by atoms with Gasteiger partial charge in [-0.2, -0.15) is 4.98 Å². The Hall–Kier alpha value is -3.53. The molecule has 4 fully saturated rings. The Morgan fingerprint density at radius 3 is 2.69 bits per heavy atom. The molecule has 2 N–H and O–H groups in total. The second-order valence-corrected chi connectivity index (χ2v) is 12.9. The number of hydrogen-bond donors (Lipinski definition) is 2. The molecule has 4 heterocycles. The first-order chi connectivity index (χ1) is 20.4. The lowest BCUT2D eigenvalue weighted by Gasteiger charge is -2.40. The zero-order valence-corrected chi connectivity index (χ0v) is 23.3. The van der Waals surface area contributed by atoms with Crippen molar-refractivity contribution in [1.29, 1.82) is 0 Å². The van der Waals surface area contributed by atoms with Crippen molar-refractivity contribution < 1.29 is 23.0 Å². The van der Waals surface area contributed by atoms with Crippen LogP contribution in [-0.4, -0.2) is 57.6 Å². The lowest BCUT2D eigenvalue weighted by Crippen LogP contribution is -2.51. The van der Waals surface area contributed by atoms with E-state index in [4.69, 9.17) is 14.7 Å². The number of alkyl halides is 1. The van der Waals surface area contributed by atoms with Crippen LogP contribution in [0.4, 0.5) is 18.9 Å². The van der Waals surface area contributed by atoms with Crippen LogP contribution in [0.2, 0.25) is 0 Å². The van der Waals surface area contributed by atoms with E-state index >= 15 is 4.39 Å². The van der Waals surface area contributed by atoms with E-state index in [2.05, 4.69) is 10.2 Å². The largest absolute Gasteiger partial charge is 0.508 e. The molecule has 5 atom stereocenters. The number of rotatable bonds is 5. The number of halogens is 3. The first kappa shape index (κ1) is 26.1. The van der Waals surface area contributed by atoms with Gasteiger partial charge in [0.15, 0.2) is 17.3 Å². The topological polar surface area (TPSA) is 75.4 Å². The van der Waals surface area contributed by atoms with E-state index in [0.29, 0.717) is 59.9 Å². The Bertz CT molecular complexity index is 1680. The standard InChI is InChI=1S/C32H34F3N5O2/c33-20-5-4-19-2-1-9-32(19,13-20)16-42-27-12-26(39-14-21-6-7-22(15-39)37-21)30-31(38-27)40(17-36-30)25-11-23(41)10-18-3-8-24(34)29(35)28(18)25/h3,8,10-12,17,19-22,37,41H,1-2,4-7,9,13-16H2/t19?,20-,21?,22?,32-/m0/s1. The van der Waals surface area contributed by atoms with Crippen LogP contribution >= 0.6 is 0 Å². The number of phenols is 1. The van der Waals surface area contributed by atoms with E-state index in [-0.39, 0.29) is 22.2 Å². The molecule has 0 spiro atoms. The minimum Gasteiger partial charge on any atom is -0.508 e. The Balaban J connectivity index is 1.26. The Morgan fingerprint density at radius 1 is 1.02 bits per heavy atom. The molecule has 2 aromatic heterocycles. The van der Waals surface area contributed by atoms with E-state index < -0.39 is 17.8 Å². The van der Waals surface area contributed by atoms with Crippen molar-refractivity contribution in [3.8, 4) is 17.3 Å². The third-order valence-electron chi connectivity index (χ3n) is 10.3. The second-order valence-electron chi connectivity index (χ2n) is 12.9. The molecule has 3 unspecified atom stereocenters. The first-order valence-corrected chi connectivity index (χ1v) is 15.1. The van der Waals surface area contributed by atoms with Crippen LogP contribution in [0, 0.1) is 23.0 Å². The summed E-state index contributed by atoms with van der Waals surface area (Å²) in [6, 6.07) is 8.00. The highest BCUT2D eigenvalue weighted by molar-refractivity contribution is 5.95. The van der Waals surface area contributed by atoms with Crippen LogP contribution in [0.25, 0.3) is 27.6 Å². The smallest absolute Gasteiger partial charge is 0.217 e. The van der Waals surface area contributed by atoms with Gasteiger partial charge in [0.25, 0.3) is 0 Å². The number of hydrogen-bond acceptors (Lipinski definition) is 6. The second kappa shape index (κ2) is 9.76. The molecular weight excluding hydrogens is 543 g/mol. The third-order valence-corrected chi connectivity index (χ3v) is 10.3. The normalized spacial score (nSPS) is 29.0. The zero-order valence-electron chi connectivity index (χ0n) is 23.3. The average Bonchev–Trinajstić information content (AvgIpc) is 3.69. The summed E-state index contributed by atoms with van der Waals surface area (Å²) in [5.74, 6) is -1.20. The number of aromatic hydroxyl groups is 1. The lowest BCUT2D eigenvalue weighted by molar-refractivity contribution is 0.0192. The maximum Gasteiger partial charge on any atom is 0.217 e. The van der Waals surface area contributed by atoms with Gasteiger partial charge in [-0.1, -0.05) is 12.5 Å². The average molecular weight is 578 g/mol. The van der Waals surface area contributed by atoms with Crippen molar-refractivity contribution in [3.63, 3.8) is 0 Å². The SMILES string of the molecule is Oc1cc(-n2cnc3c(N4CC5CCC(C4)N5)cc(OC[C@@]45CCCC4CC[C@H](F)C5)nc32)c2c(F)c(F)ccc2c1. The molecule has 2 aliphatic carbocycles. The minimum atomic E-state index is -1.000. The fourth-order valence-electron chi connectivity index (χ4n) is 8.31. The summed E-state index contributed by atoms with van der Waals surface area (Å²) in [6.07, 6.45) is 8.15. The van der Waals surface area contributed by atoms with Gasteiger partial charge in [-0.05, 0) is 68.4 Å². The molecule has 2 aliphatic heterocycles. The molecule has 10 heteroatoms. The first-order valence-electron chi connectivity index (χ1n) is 15.1. The summed E-state index contributed by atoms with van der Waals surface area (Å²) in [5.41, 5.74) is 1.97. The monoisotopic (exact) mass is 577 g/mol. The number of nitrogens with one attached hydrogen (secondary N) is 1. The third kappa shape index (κ3) is 4.20. The molecule has 2 bridgehead atoms. The molecule has 4 aromatic rings. The van der Waals surface area contributed by atoms with E-state index in [1.54, 1.807) is 10.9 Å². The van der Waals surface area contributed by atoms with E-state index in [0.717, 1.165) is 63.4 Å². The molecule has 2 saturated heterocycles. The van der Waals surface area contributed by atoms with Gasteiger partial charge in [-0.15, -0.1) is 0 Å². The molecule has 8 rings (SSSR count). The summed E-state index contributed by atoms with van der Waals surface area (Å²) in [4.78, 5) is 11.9. The highest BCUT2D eigenvalue weighted by Crippen LogP contribution is 2.53. The van der Waals surface area contributed by atoms with Gasteiger partial charge in [0.05, 0.1) is 18.0 Å². The van der Waals surface area contributed by atoms with E-state index in [9.17, 15) is 13.9 Å². The Kier molecular flexibility index (Phi) is 6.07. The molecular formula is C32H34F3N5O2. The summed E-state index contributed by atoms with van der Waals surface area (Å²) in [5, 5.41) is 14.6. The van der Waals surface area contributed by atoms with Crippen molar-refractivity contribution in [3.05, 3.63) is 48.3 Å². The van der Waals surface area contributed by atoms with Gasteiger partial charge < -0.3 is 20.1 Å². The number of nitrogens with zero attached hydrogens (tertiary/aromatic N) is 4. The van der Waals surface area contributed by atoms with Crippen LogP contribution in [0.15, 0.2) is 36.7 Å². The fraction of sp³-hybridized carbons (Fsp3) is 0.500. The quantitative estimate of drug-likeness (QED) is 0.295. The van der Waals surface area contributed by atoms with Crippen LogP contribution in [0.3, 0.4) is 0 Å². The number of aromatic nitrogens is 3. The maximum atomic E-state index is 15.2. The molecule has 220 valence electrons. The molecule has 0 amide bonds. The van der Waals surface area contributed by atoms with Gasteiger partial charge in [-0.3, -0.25) is 4.57 Å². The molecule has 2 saturated carbocycles. The maximum absolute atomic E-state index is 15.2. The van der Waals surface area contributed by atoms with Crippen molar-refractivity contribution >= 4 is 27.6 Å². The van der Waals surface area contributed by atoms with Crippen LogP contribution < -0.4 is 15.0 Å². The van der Waals surface area contributed by atoms with Crippen LogP contribution in [-0.2, 0) is 0 Å². The predicted octanol–water partition coefficient (Wildman–Crippen LogP) is 6.19. The predicted molar refractivity (Wildman–Crippen MR) is 154 cm³/mol. The Labute approximate surface area is 241 Å². The van der Waals surface area contributed by atoms with Gasteiger partial charge in [0, 0.05) is 48.1 Å². The molecule has 2 aromatic carbocycles. The van der Waals surface area contributed by atoms with E-state index in [1.807, 2.05) is 6.07 Å². The van der Waals surface area contributed by atoms with Gasteiger partial charge >= 0.3 is 0 Å². The van der Waals surface area contributed by atoms with Crippen molar-refractivity contribution in [2.45, 2.75) is 69.6 Å². The zero-order chi connectivity index (χ0) is 28.6. The molecule has 0 radical (unpaired) electrons. The molecule has 42 heavy (non-hydrogen) atoms. The number of anilines is 1. The number of fused-ring (bicyclic) bond motifs is 5. The van der Waals surface area contributed by atoms with Gasteiger partial charge in [0.1, 0.15) is 23.8 Å². The lowest BCUT2D eigenvalue weighted by atomic mass is 9.68. The van der Waals surface area contributed by atoms with E-state index in [1.165, 1.54) is 18.2 Å². The number of ether oxygens (including phenoxy) is 1. The molecule has 4 aliphatic rings. The van der Waals surface area contributed by atoms with Crippen molar-refractivity contribution in [1.82, 2.24) is 19.9 Å². The highest BCUT2D eigenvalue weighted by atomic mass is 19.2. The number of benzene rings is 2. The number of piperazine rings is 1. The van der Waals surface area contributed by atoms with Crippen LogP contribution in [0.5, 0.6) is 11.6 Å².